The molecule has 0 radical (unpaired) electrons. The zero-order chi connectivity index (χ0) is 23.6. The predicted octanol–water partition coefficient (Wildman–Crippen LogP) is 3.40. The Morgan fingerprint density at radius 1 is 1.19 bits per heavy atom. The molecule has 3 rings (SSSR count). The number of nitrogens with one attached hydrogen (secondary N) is 1. The van der Waals surface area contributed by atoms with Crippen molar-refractivity contribution >= 4 is 29.7 Å². The molecule has 0 spiro atoms. The Morgan fingerprint density at radius 2 is 1.91 bits per heavy atom. The number of esters is 1. The van der Waals surface area contributed by atoms with Crippen LogP contribution in [0.1, 0.15) is 42.6 Å². The molecule has 32 heavy (non-hydrogen) atoms. The van der Waals surface area contributed by atoms with Gasteiger partial charge in [0.2, 0.25) is 5.76 Å². The number of carbonyl (C=O) groups is 3. The lowest BCUT2D eigenvalue weighted by molar-refractivity contribution is -0.123. The van der Waals surface area contributed by atoms with Gasteiger partial charge in [-0.2, -0.15) is 0 Å². The Bertz CT molecular complexity index is 1080. The topological polar surface area (TPSA) is 101 Å². The van der Waals surface area contributed by atoms with E-state index in [0.717, 1.165) is 10.6 Å². The van der Waals surface area contributed by atoms with Gasteiger partial charge >= 0.3 is 12.0 Å². The maximum atomic E-state index is 12.9. The summed E-state index contributed by atoms with van der Waals surface area (Å²) >= 11 is 0. The van der Waals surface area contributed by atoms with E-state index in [1.165, 1.54) is 19.2 Å². The molecule has 1 saturated heterocycles. The van der Waals surface area contributed by atoms with Crippen molar-refractivity contribution < 1.29 is 28.3 Å². The van der Waals surface area contributed by atoms with Gasteiger partial charge in [0.1, 0.15) is 22.8 Å². The summed E-state index contributed by atoms with van der Waals surface area (Å²) in [6, 6.07) is 7.98. The van der Waals surface area contributed by atoms with E-state index in [9.17, 15) is 14.4 Å². The molecule has 1 fully saturated rings. The monoisotopic (exact) mass is 441 g/mol. The summed E-state index contributed by atoms with van der Waals surface area (Å²) in [7, 11) is 5.09. The van der Waals surface area contributed by atoms with E-state index >= 15 is 0 Å². The lowest BCUT2D eigenvalue weighted by atomic mass is 10.1. The molecule has 2 heterocycles. The fourth-order valence-electron chi connectivity index (χ4n) is 3.04. The van der Waals surface area contributed by atoms with Crippen LogP contribution >= 0.6 is 0 Å². The number of ether oxygens (including phenoxy) is 2. The van der Waals surface area contributed by atoms with Crippen molar-refractivity contribution in [2.24, 2.45) is 0 Å². The first-order valence-electron chi connectivity index (χ1n) is 10.0. The number of amides is 3. The molecule has 0 atom stereocenters. The maximum absolute atomic E-state index is 12.9. The third-order valence-electron chi connectivity index (χ3n) is 4.55. The lowest BCUT2D eigenvalue weighted by Gasteiger charge is -2.24. The molecular weight excluding hydrogens is 414 g/mol. The van der Waals surface area contributed by atoms with Crippen LogP contribution in [0, 0.1) is 0 Å². The smallest absolute Gasteiger partial charge is 0.373 e. The number of hydrogen-bond donors (Lipinski definition) is 1. The van der Waals surface area contributed by atoms with E-state index in [2.05, 4.69) is 10.1 Å². The van der Waals surface area contributed by atoms with Crippen LogP contribution < -0.4 is 15.0 Å². The molecule has 1 N–H and O–H groups in total. The largest absolute Gasteiger partial charge is 0.487 e. The number of carbonyl (C=O) groups excluding carboxylic acids is 3. The highest BCUT2D eigenvalue weighted by Crippen LogP contribution is 2.30. The minimum atomic E-state index is -0.637. The number of imide groups is 1. The zero-order valence-electron chi connectivity index (χ0n) is 19.0. The van der Waals surface area contributed by atoms with E-state index in [1.54, 1.807) is 6.08 Å². The first-order chi connectivity index (χ1) is 15.0. The SMILES string of the molecule is COC(=O)c1ccc(CN2C(=O)NC(=Cc3ccc(N(C)C)cc3OC(C)(C)C)C2=O)o1. The van der Waals surface area contributed by atoms with Crippen molar-refractivity contribution in [3.05, 3.63) is 53.1 Å². The number of benzene rings is 1. The molecule has 0 aliphatic carbocycles. The lowest BCUT2D eigenvalue weighted by Crippen LogP contribution is -2.30. The minimum Gasteiger partial charge on any atom is -0.487 e. The molecule has 0 unspecified atom stereocenters. The van der Waals surface area contributed by atoms with Gasteiger partial charge in [0.25, 0.3) is 5.91 Å². The van der Waals surface area contributed by atoms with Gasteiger partial charge in [0.05, 0.1) is 13.7 Å². The first kappa shape index (κ1) is 22.9. The number of methoxy groups -OCH3 is 1. The summed E-state index contributed by atoms with van der Waals surface area (Å²) in [6.45, 7) is 5.68. The van der Waals surface area contributed by atoms with Gasteiger partial charge in [-0.15, -0.1) is 0 Å². The van der Waals surface area contributed by atoms with E-state index in [4.69, 9.17) is 9.15 Å². The molecule has 9 heteroatoms. The summed E-state index contributed by atoms with van der Waals surface area (Å²) in [4.78, 5) is 39.8. The summed E-state index contributed by atoms with van der Waals surface area (Å²) in [6.07, 6.45) is 1.59. The van der Waals surface area contributed by atoms with E-state index < -0.39 is 23.5 Å². The van der Waals surface area contributed by atoms with Crippen LogP contribution in [0.3, 0.4) is 0 Å². The van der Waals surface area contributed by atoms with Crippen molar-refractivity contribution in [1.82, 2.24) is 10.2 Å². The highest BCUT2D eigenvalue weighted by atomic mass is 16.5. The Morgan fingerprint density at radius 3 is 2.53 bits per heavy atom. The molecule has 2 aromatic rings. The van der Waals surface area contributed by atoms with Crippen molar-refractivity contribution in [2.75, 3.05) is 26.1 Å². The maximum Gasteiger partial charge on any atom is 0.373 e. The molecule has 1 aromatic heterocycles. The molecule has 1 aromatic carbocycles. The second-order valence-electron chi connectivity index (χ2n) is 8.47. The quantitative estimate of drug-likeness (QED) is 0.416. The van der Waals surface area contributed by atoms with Gasteiger partial charge < -0.3 is 24.1 Å². The second kappa shape index (κ2) is 8.78. The van der Waals surface area contributed by atoms with Crippen LogP contribution in [0.15, 0.2) is 40.4 Å². The molecule has 1 aliphatic heterocycles. The standard InChI is InChI=1S/C23H27N3O6/c1-23(2,3)32-19-12-15(25(4)5)8-7-14(19)11-17-20(27)26(22(29)24-17)13-16-9-10-18(31-16)21(28)30-6/h7-12H,13H2,1-6H3,(H,24,29). The Kier molecular flexibility index (Phi) is 6.29. The van der Waals surface area contributed by atoms with Crippen LogP contribution in [0.4, 0.5) is 10.5 Å². The van der Waals surface area contributed by atoms with Gasteiger partial charge in [-0.05, 0) is 51.1 Å². The van der Waals surface area contributed by atoms with Gasteiger partial charge in [-0.1, -0.05) is 0 Å². The van der Waals surface area contributed by atoms with Crippen LogP contribution in [-0.2, 0) is 16.1 Å². The highest BCUT2D eigenvalue weighted by molar-refractivity contribution is 6.14. The van der Waals surface area contributed by atoms with Gasteiger partial charge in [0.15, 0.2) is 0 Å². The first-order valence-corrected chi connectivity index (χ1v) is 10.0. The average molecular weight is 441 g/mol. The van der Waals surface area contributed by atoms with E-state index in [1.807, 2.05) is 58.0 Å². The van der Waals surface area contributed by atoms with E-state index in [-0.39, 0.29) is 23.8 Å². The van der Waals surface area contributed by atoms with Crippen LogP contribution in [0.5, 0.6) is 5.75 Å². The Labute approximate surface area is 186 Å². The van der Waals surface area contributed by atoms with E-state index in [0.29, 0.717) is 11.3 Å². The van der Waals surface area contributed by atoms with Gasteiger partial charge in [-0.3, -0.25) is 9.69 Å². The van der Waals surface area contributed by atoms with Gasteiger partial charge in [-0.25, -0.2) is 9.59 Å². The normalized spacial score (nSPS) is 15.2. The Balaban J connectivity index is 1.86. The average Bonchev–Trinajstić information content (AvgIpc) is 3.28. The molecule has 170 valence electrons. The van der Waals surface area contributed by atoms with Gasteiger partial charge in [0, 0.05) is 31.4 Å². The fourth-order valence-corrected chi connectivity index (χ4v) is 3.04. The van der Waals surface area contributed by atoms with Crippen molar-refractivity contribution in [3.63, 3.8) is 0 Å². The number of anilines is 1. The van der Waals surface area contributed by atoms with Crippen molar-refractivity contribution in [3.8, 4) is 5.75 Å². The summed E-state index contributed by atoms with van der Waals surface area (Å²) in [5.74, 6) is -0.283. The fraction of sp³-hybridized carbons (Fsp3) is 0.348. The molecular formula is C23H27N3O6. The van der Waals surface area contributed by atoms with Crippen LogP contribution in [0.2, 0.25) is 0 Å². The number of urea groups is 1. The molecule has 0 bridgehead atoms. The van der Waals surface area contributed by atoms with Crippen molar-refractivity contribution in [2.45, 2.75) is 32.9 Å². The Hall–Kier alpha value is -3.75. The molecule has 1 aliphatic rings. The zero-order valence-corrected chi connectivity index (χ0v) is 19.0. The third kappa shape index (κ3) is 5.11. The second-order valence-corrected chi connectivity index (χ2v) is 8.47. The van der Waals surface area contributed by atoms with Crippen LogP contribution in [0.25, 0.3) is 6.08 Å². The summed E-state index contributed by atoms with van der Waals surface area (Å²) in [5, 5.41) is 2.59. The molecule has 0 saturated carbocycles. The number of rotatable bonds is 6. The summed E-state index contributed by atoms with van der Waals surface area (Å²) in [5.41, 5.74) is 1.26. The number of furan rings is 1. The predicted molar refractivity (Wildman–Crippen MR) is 118 cm³/mol. The number of hydrogen-bond acceptors (Lipinski definition) is 7. The molecule has 9 nitrogen and oxygen atoms in total. The number of nitrogens with zero attached hydrogens (tertiary/aromatic N) is 2. The third-order valence-corrected chi connectivity index (χ3v) is 4.55. The van der Waals surface area contributed by atoms with Crippen LogP contribution in [-0.4, -0.2) is 49.6 Å². The molecule has 3 amide bonds. The summed E-state index contributed by atoms with van der Waals surface area (Å²) < 4.78 is 16.0. The minimum absolute atomic E-state index is 0.00438. The van der Waals surface area contributed by atoms with Crippen molar-refractivity contribution in [1.29, 1.82) is 0 Å². The highest BCUT2D eigenvalue weighted by Gasteiger charge is 2.34.